The van der Waals surface area contributed by atoms with E-state index in [1.165, 1.54) is 0 Å². The van der Waals surface area contributed by atoms with Gasteiger partial charge in [0, 0.05) is 4.48 Å². The number of allylic oxidation sites excluding steroid dienone is 1. The third kappa shape index (κ3) is 3.13. The van der Waals surface area contributed by atoms with Crippen molar-refractivity contribution in [3.63, 3.8) is 0 Å². The van der Waals surface area contributed by atoms with Crippen molar-refractivity contribution in [1.29, 1.82) is 0 Å². The minimum absolute atomic E-state index is 0.169. The van der Waals surface area contributed by atoms with Crippen LogP contribution in [0.4, 0.5) is 0 Å². The normalized spacial score (nSPS) is 10.2. The van der Waals surface area contributed by atoms with Gasteiger partial charge in [-0.3, -0.25) is 0 Å². The molecule has 0 N–H and O–H groups in total. The Kier molecular flexibility index (Phi) is 4.58. The standard InChI is InChI=1S/C6H3Br2Cl3N2/c7-3-1-12-13(6(3)11)2-4(8)5(9)10/h1H,2H2. The summed E-state index contributed by atoms with van der Waals surface area (Å²) < 4.78 is 3.09. The number of hydrogen-bond acceptors (Lipinski definition) is 1. The summed E-state index contributed by atoms with van der Waals surface area (Å²) >= 11 is 23.4. The van der Waals surface area contributed by atoms with E-state index in [0.717, 1.165) is 4.47 Å². The van der Waals surface area contributed by atoms with Gasteiger partial charge in [0.05, 0.1) is 17.2 Å². The fraction of sp³-hybridized carbons (Fsp3) is 0.167. The largest absolute Gasteiger partial charge is 0.248 e. The molecule has 0 atom stereocenters. The van der Waals surface area contributed by atoms with Gasteiger partial charge >= 0.3 is 0 Å². The maximum absolute atomic E-state index is 5.88. The molecule has 0 aromatic carbocycles. The van der Waals surface area contributed by atoms with E-state index < -0.39 is 0 Å². The van der Waals surface area contributed by atoms with Crippen LogP contribution in [0.25, 0.3) is 0 Å². The van der Waals surface area contributed by atoms with Gasteiger partial charge in [0.1, 0.15) is 9.64 Å². The van der Waals surface area contributed by atoms with Crippen LogP contribution in [0.15, 0.2) is 19.6 Å². The Labute approximate surface area is 107 Å². The van der Waals surface area contributed by atoms with E-state index in [-0.39, 0.29) is 4.49 Å². The molecule has 13 heavy (non-hydrogen) atoms. The fourth-order valence-corrected chi connectivity index (χ4v) is 1.45. The van der Waals surface area contributed by atoms with Gasteiger partial charge in [0.25, 0.3) is 0 Å². The third-order valence-electron chi connectivity index (χ3n) is 1.23. The smallest absolute Gasteiger partial charge is 0.141 e. The van der Waals surface area contributed by atoms with Crippen LogP contribution in [0.5, 0.6) is 0 Å². The van der Waals surface area contributed by atoms with Crippen LogP contribution in [0.2, 0.25) is 5.15 Å². The van der Waals surface area contributed by atoms with Crippen LogP contribution in [0, 0.1) is 0 Å². The monoisotopic (exact) mass is 366 g/mol. The molecule has 0 amide bonds. The number of nitrogens with zero attached hydrogens (tertiary/aromatic N) is 2. The highest BCUT2D eigenvalue weighted by Gasteiger charge is 2.07. The summed E-state index contributed by atoms with van der Waals surface area (Å²) in [6, 6.07) is 0. The fourth-order valence-electron chi connectivity index (χ4n) is 0.649. The molecule has 2 nitrogen and oxygen atoms in total. The summed E-state index contributed by atoms with van der Waals surface area (Å²) in [6.45, 7) is 0.409. The Bertz CT molecular complexity index is 344. The Morgan fingerprint density at radius 2 is 2.15 bits per heavy atom. The average molecular weight is 369 g/mol. The van der Waals surface area contributed by atoms with Crippen molar-refractivity contribution in [2.75, 3.05) is 0 Å². The van der Waals surface area contributed by atoms with Crippen molar-refractivity contribution in [3.8, 4) is 0 Å². The molecule has 0 fully saturated rings. The molecule has 0 aliphatic carbocycles. The van der Waals surface area contributed by atoms with Gasteiger partial charge in [0.2, 0.25) is 0 Å². The van der Waals surface area contributed by atoms with E-state index in [1.807, 2.05) is 0 Å². The molecular weight excluding hydrogens is 366 g/mol. The lowest BCUT2D eigenvalue weighted by atomic mass is 10.6. The molecule has 72 valence electrons. The molecule has 0 radical (unpaired) electrons. The molecule has 0 saturated carbocycles. The molecule has 1 aromatic rings. The van der Waals surface area contributed by atoms with Crippen molar-refractivity contribution >= 4 is 66.7 Å². The quantitative estimate of drug-likeness (QED) is 0.758. The highest BCUT2D eigenvalue weighted by atomic mass is 79.9. The zero-order valence-electron chi connectivity index (χ0n) is 6.07. The minimum atomic E-state index is 0.169. The van der Waals surface area contributed by atoms with Gasteiger partial charge < -0.3 is 0 Å². The molecule has 1 rings (SSSR count). The highest BCUT2D eigenvalue weighted by Crippen LogP contribution is 2.26. The first-order valence-corrected chi connectivity index (χ1v) is 5.81. The Balaban J connectivity index is 2.87. The molecule has 7 heteroatoms. The van der Waals surface area contributed by atoms with Crippen LogP contribution in [0.3, 0.4) is 0 Å². The summed E-state index contributed by atoms with van der Waals surface area (Å²) in [5, 5.41) is 4.50. The first-order chi connectivity index (χ1) is 6.02. The van der Waals surface area contributed by atoms with Gasteiger partial charge in [-0.15, -0.1) is 0 Å². The van der Waals surface area contributed by atoms with Gasteiger partial charge in [-0.25, -0.2) is 4.68 Å². The van der Waals surface area contributed by atoms with Gasteiger partial charge in [-0.2, -0.15) is 5.10 Å². The minimum Gasteiger partial charge on any atom is -0.248 e. The summed E-state index contributed by atoms with van der Waals surface area (Å²) in [7, 11) is 0. The summed E-state index contributed by atoms with van der Waals surface area (Å²) in [6.07, 6.45) is 1.60. The van der Waals surface area contributed by atoms with Crippen molar-refractivity contribution in [2.24, 2.45) is 0 Å². The topological polar surface area (TPSA) is 17.8 Å². The predicted molar refractivity (Wildman–Crippen MR) is 62.6 cm³/mol. The second-order valence-electron chi connectivity index (χ2n) is 2.11. The molecule has 0 spiro atoms. The molecule has 1 aromatic heterocycles. The van der Waals surface area contributed by atoms with Gasteiger partial charge in [-0.1, -0.05) is 50.7 Å². The van der Waals surface area contributed by atoms with Crippen LogP contribution >= 0.6 is 66.7 Å². The molecule has 1 heterocycles. The zero-order chi connectivity index (χ0) is 10.0. The van der Waals surface area contributed by atoms with Crippen LogP contribution < -0.4 is 0 Å². The molecule has 0 aliphatic heterocycles. The first kappa shape index (κ1) is 11.9. The molecule has 0 unspecified atom stereocenters. The lowest BCUT2D eigenvalue weighted by molar-refractivity contribution is 0.698. The molecule has 0 aliphatic rings. The van der Waals surface area contributed by atoms with E-state index in [9.17, 15) is 0 Å². The van der Waals surface area contributed by atoms with Crippen molar-refractivity contribution in [2.45, 2.75) is 6.54 Å². The van der Waals surface area contributed by atoms with E-state index in [2.05, 4.69) is 37.0 Å². The third-order valence-corrected chi connectivity index (χ3v) is 4.00. The predicted octanol–water partition coefficient (Wildman–Crippen LogP) is 4.34. The summed E-state index contributed by atoms with van der Waals surface area (Å²) in [5.74, 6) is 0. The number of halogens is 5. The summed E-state index contributed by atoms with van der Waals surface area (Å²) in [4.78, 5) is 0. The van der Waals surface area contributed by atoms with Gasteiger partial charge in [-0.05, 0) is 15.9 Å². The Morgan fingerprint density at radius 1 is 1.54 bits per heavy atom. The Hall–Kier alpha value is 0.780. The first-order valence-electron chi connectivity index (χ1n) is 3.09. The zero-order valence-corrected chi connectivity index (χ0v) is 11.5. The maximum atomic E-state index is 5.88. The summed E-state index contributed by atoms with van der Waals surface area (Å²) in [5.41, 5.74) is 0. The lowest BCUT2D eigenvalue weighted by Crippen LogP contribution is -1.99. The number of hydrogen-bond donors (Lipinski definition) is 0. The second kappa shape index (κ2) is 5.03. The van der Waals surface area contributed by atoms with Gasteiger partial charge in [0.15, 0.2) is 0 Å². The van der Waals surface area contributed by atoms with E-state index in [4.69, 9.17) is 34.8 Å². The highest BCUT2D eigenvalue weighted by molar-refractivity contribution is 9.11. The average Bonchev–Trinajstić information content (AvgIpc) is 2.36. The second-order valence-corrected chi connectivity index (χ2v) is 5.23. The SMILES string of the molecule is ClC(Cl)=C(Br)Cn1ncc(Br)c1Cl. The maximum Gasteiger partial charge on any atom is 0.141 e. The van der Waals surface area contributed by atoms with E-state index in [0.29, 0.717) is 16.2 Å². The number of rotatable bonds is 2. The van der Waals surface area contributed by atoms with Crippen LogP contribution in [0.1, 0.15) is 0 Å². The van der Waals surface area contributed by atoms with Crippen LogP contribution in [-0.2, 0) is 6.54 Å². The van der Waals surface area contributed by atoms with E-state index >= 15 is 0 Å². The van der Waals surface area contributed by atoms with E-state index in [1.54, 1.807) is 10.9 Å². The van der Waals surface area contributed by atoms with Crippen molar-refractivity contribution in [1.82, 2.24) is 9.78 Å². The Morgan fingerprint density at radius 3 is 2.54 bits per heavy atom. The molecular formula is C6H3Br2Cl3N2. The lowest BCUT2D eigenvalue weighted by Gasteiger charge is -2.01. The number of aromatic nitrogens is 2. The van der Waals surface area contributed by atoms with Crippen LogP contribution in [-0.4, -0.2) is 9.78 Å². The molecule has 0 saturated heterocycles. The van der Waals surface area contributed by atoms with Crippen molar-refractivity contribution < 1.29 is 0 Å². The van der Waals surface area contributed by atoms with Crippen molar-refractivity contribution in [3.05, 3.63) is 24.8 Å². The molecule has 0 bridgehead atoms.